The average molecular weight is 292 g/mol. The fourth-order valence-corrected chi connectivity index (χ4v) is 2.50. The molecule has 1 unspecified atom stereocenters. The Morgan fingerprint density at radius 1 is 1.60 bits per heavy atom. The van der Waals surface area contributed by atoms with Crippen molar-refractivity contribution in [2.75, 3.05) is 19.7 Å². The van der Waals surface area contributed by atoms with Crippen molar-refractivity contribution in [2.45, 2.75) is 26.0 Å². The first-order valence-corrected chi connectivity index (χ1v) is 6.58. The third-order valence-corrected chi connectivity index (χ3v) is 3.67. The highest BCUT2D eigenvalue weighted by molar-refractivity contribution is 9.11. The molecule has 1 atom stereocenters. The first kappa shape index (κ1) is 11.4. The van der Waals surface area contributed by atoms with Crippen LogP contribution in [0.4, 0.5) is 0 Å². The number of ether oxygens (including phenoxy) is 1. The maximum atomic E-state index is 5.68. The predicted octanol–water partition coefficient (Wildman–Crippen LogP) is 2.08. The molecular weight excluding hydrogens is 278 g/mol. The van der Waals surface area contributed by atoms with Gasteiger partial charge in [-0.2, -0.15) is 4.37 Å². The summed E-state index contributed by atoms with van der Waals surface area (Å²) in [5, 5.41) is 0. The highest BCUT2D eigenvalue weighted by Gasteiger charge is 2.26. The van der Waals surface area contributed by atoms with E-state index in [2.05, 4.69) is 44.0 Å². The van der Waals surface area contributed by atoms with Crippen LogP contribution in [0.1, 0.15) is 25.8 Å². The van der Waals surface area contributed by atoms with Crippen molar-refractivity contribution in [3.05, 3.63) is 9.74 Å². The van der Waals surface area contributed by atoms with Gasteiger partial charge in [-0.15, -0.1) is 0 Å². The van der Waals surface area contributed by atoms with E-state index in [0.29, 0.717) is 6.04 Å². The van der Waals surface area contributed by atoms with Crippen molar-refractivity contribution in [1.82, 2.24) is 14.3 Å². The van der Waals surface area contributed by atoms with Crippen LogP contribution in [-0.4, -0.2) is 40.0 Å². The number of morpholine rings is 1. The minimum absolute atomic E-state index is 0.0312. The molecule has 1 aromatic heterocycles. The van der Waals surface area contributed by atoms with E-state index in [9.17, 15) is 0 Å². The van der Waals surface area contributed by atoms with E-state index in [-0.39, 0.29) is 6.10 Å². The van der Waals surface area contributed by atoms with Gasteiger partial charge < -0.3 is 4.74 Å². The Morgan fingerprint density at radius 2 is 2.40 bits per heavy atom. The zero-order valence-corrected chi connectivity index (χ0v) is 11.2. The van der Waals surface area contributed by atoms with Crippen molar-refractivity contribution in [3.8, 4) is 0 Å². The second kappa shape index (κ2) is 4.86. The summed E-state index contributed by atoms with van der Waals surface area (Å²) in [6.07, 6.45) is 0.0312. The summed E-state index contributed by atoms with van der Waals surface area (Å²) >= 11 is 4.68. The number of nitrogens with zero attached hydrogens (tertiary/aromatic N) is 3. The number of hydrogen-bond donors (Lipinski definition) is 0. The fraction of sp³-hybridized carbons (Fsp3) is 0.778. The third-order valence-electron chi connectivity index (χ3n) is 2.53. The predicted molar refractivity (Wildman–Crippen MR) is 63.0 cm³/mol. The molecule has 1 aliphatic rings. The molecule has 0 saturated carbocycles. The number of aromatic nitrogens is 2. The maximum Gasteiger partial charge on any atom is 0.179 e. The van der Waals surface area contributed by atoms with Gasteiger partial charge in [-0.25, -0.2) is 4.98 Å². The van der Waals surface area contributed by atoms with Gasteiger partial charge in [0.25, 0.3) is 0 Å². The molecule has 1 fully saturated rings. The molecule has 1 aliphatic heterocycles. The second-order valence-electron chi connectivity index (χ2n) is 3.85. The molecule has 0 amide bonds. The molecule has 1 aromatic rings. The summed E-state index contributed by atoms with van der Waals surface area (Å²) < 4.78 is 10.8. The van der Waals surface area contributed by atoms with Crippen molar-refractivity contribution < 1.29 is 4.74 Å². The molecule has 0 radical (unpaired) electrons. The Kier molecular flexibility index (Phi) is 3.71. The zero-order valence-electron chi connectivity index (χ0n) is 8.81. The molecule has 6 heteroatoms. The molecule has 4 nitrogen and oxygen atoms in total. The largest absolute Gasteiger partial charge is 0.367 e. The van der Waals surface area contributed by atoms with Crippen LogP contribution < -0.4 is 0 Å². The van der Waals surface area contributed by atoms with Crippen molar-refractivity contribution in [2.24, 2.45) is 0 Å². The summed E-state index contributed by atoms with van der Waals surface area (Å²) in [4.78, 5) is 6.69. The molecule has 0 aliphatic carbocycles. The summed E-state index contributed by atoms with van der Waals surface area (Å²) in [6, 6.07) is 0.554. The van der Waals surface area contributed by atoms with Crippen LogP contribution in [0.25, 0.3) is 0 Å². The normalized spacial score (nSPS) is 23.6. The van der Waals surface area contributed by atoms with Crippen molar-refractivity contribution in [3.63, 3.8) is 0 Å². The van der Waals surface area contributed by atoms with E-state index in [1.807, 2.05) is 0 Å². The fourth-order valence-electron chi connectivity index (χ4n) is 1.64. The molecule has 2 heterocycles. The van der Waals surface area contributed by atoms with Crippen molar-refractivity contribution >= 4 is 27.5 Å². The standard InChI is InChI=1S/C9H14BrN3OS/c1-6(2)13-3-4-14-7(5-13)8-11-9(10)15-12-8/h6-7H,3-5H2,1-2H3. The summed E-state index contributed by atoms with van der Waals surface area (Å²) in [7, 11) is 0. The van der Waals surface area contributed by atoms with E-state index in [1.54, 1.807) is 0 Å². The summed E-state index contributed by atoms with van der Waals surface area (Å²) in [5.74, 6) is 0.803. The number of hydrogen-bond acceptors (Lipinski definition) is 5. The molecule has 15 heavy (non-hydrogen) atoms. The van der Waals surface area contributed by atoms with Crippen LogP contribution in [0.3, 0.4) is 0 Å². The smallest absolute Gasteiger partial charge is 0.179 e. The zero-order chi connectivity index (χ0) is 10.8. The lowest BCUT2D eigenvalue weighted by molar-refractivity contribution is -0.0438. The number of rotatable bonds is 2. The van der Waals surface area contributed by atoms with Gasteiger partial charge in [-0.1, -0.05) is 0 Å². The third kappa shape index (κ3) is 2.75. The lowest BCUT2D eigenvalue weighted by Crippen LogP contribution is -2.42. The second-order valence-corrected chi connectivity index (χ2v) is 5.88. The summed E-state index contributed by atoms with van der Waals surface area (Å²) in [5.41, 5.74) is 0. The molecule has 0 aromatic carbocycles. The topological polar surface area (TPSA) is 38.2 Å². The van der Waals surface area contributed by atoms with E-state index in [0.717, 1.165) is 29.4 Å². The molecule has 84 valence electrons. The van der Waals surface area contributed by atoms with E-state index in [1.165, 1.54) is 11.5 Å². The first-order chi connectivity index (χ1) is 7.16. The van der Waals surface area contributed by atoms with Gasteiger partial charge in [0.1, 0.15) is 6.10 Å². The highest BCUT2D eigenvalue weighted by atomic mass is 79.9. The lowest BCUT2D eigenvalue weighted by atomic mass is 10.2. The van der Waals surface area contributed by atoms with Gasteiger partial charge >= 0.3 is 0 Å². The van der Waals surface area contributed by atoms with E-state index >= 15 is 0 Å². The monoisotopic (exact) mass is 291 g/mol. The van der Waals surface area contributed by atoms with Crippen molar-refractivity contribution in [1.29, 1.82) is 0 Å². The molecule has 0 spiro atoms. The highest BCUT2D eigenvalue weighted by Crippen LogP contribution is 2.23. The Labute approximate surface area is 102 Å². The van der Waals surface area contributed by atoms with Gasteiger partial charge in [-0.05, 0) is 41.3 Å². The quantitative estimate of drug-likeness (QED) is 0.836. The van der Waals surface area contributed by atoms with Crippen LogP contribution in [0.15, 0.2) is 3.92 Å². The molecule has 2 rings (SSSR count). The van der Waals surface area contributed by atoms with E-state index in [4.69, 9.17) is 4.74 Å². The number of halogens is 1. The average Bonchev–Trinajstić information content (AvgIpc) is 2.65. The van der Waals surface area contributed by atoms with Gasteiger partial charge in [0.15, 0.2) is 9.74 Å². The lowest BCUT2D eigenvalue weighted by Gasteiger charge is -2.34. The van der Waals surface area contributed by atoms with Crippen LogP contribution >= 0.6 is 27.5 Å². The van der Waals surface area contributed by atoms with E-state index < -0.39 is 0 Å². The van der Waals surface area contributed by atoms with Gasteiger partial charge in [0.2, 0.25) is 0 Å². The molecule has 0 bridgehead atoms. The SMILES string of the molecule is CC(C)N1CCOC(c2nsc(Br)n2)C1. The Bertz CT molecular complexity index is 331. The van der Waals surface area contributed by atoms with Gasteiger partial charge in [0, 0.05) is 19.1 Å². The Balaban J connectivity index is 2.04. The van der Waals surface area contributed by atoms with Crippen LogP contribution in [0, 0.1) is 0 Å². The van der Waals surface area contributed by atoms with Crippen LogP contribution in [-0.2, 0) is 4.74 Å². The molecular formula is C9H14BrN3OS. The molecule has 0 N–H and O–H groups in total. The van der Waals surface area contributed by atoms with Gasteiger partial charge in [0.05, 0.1) is 6.61 Å². The van der Waals surface area contributed by atoms with Crippen LogP contribution in [0.5, 0.6) is 0 Å². The Hall–Kier alpha value is -0.0400. The molecule has 1 saturated heterocycles. The van der Waals surface area contributed by atoms with Gasteiger partial charge in [-0.3, -0.25) is 4.90 Å². The maximum absolute atomic E-state index is 5.68. The Morgan fingerprint density at radius 3 is 3.00 bits per heavy atom. The minimum Gasteiger partial charge on any atom is -0.367 e. The summed E-state index contributed by atoms with van der Waals surface area (Å²) in [6.45, 7) is 7.06. The minimum atomic E-state index is 0.0312. The van der Waals surface area contributed by atoms with Crippen LogP contribution in [0.2, 0.25) is 0 Å². The first-order valence-electron chi connectivity index (χ1n) is 5.01.